The Labute approximate surface area is 147 Å². The van der Waals surface area contributed by atoms with E-state index in [1.807, 2.05) is 12.3 Å². The van der Waals surface area contributed by atoms with Crippen LogP contribution in [0.2, 0.25) is 0 Å². The molecule has 1 aromatic rings. The molecule has 1 unspecified atom stereocenters. The third-order valence-corrected chi connectivity index (χ3v) is 6.71. The predicted octanol–water partition coefficient (Wildman–Crippen LogP) is 1.68. The van der Waals surface area contributed by atoms with Crippen molar-refractivity contribution in [1.29, 1.82) is 0 Å². The first-order chi connectivity index (χ1) is 11.4. The topological polar surface area (TPSA) is 83.6 Å². The number of unbranched alkanes of at least 4 members (excludes halogenated alkanes) is 1. The number of hydrogen-bond donors (Lipinski definition) is 1. The fourth-order valence-corrected chi connectivity index (χ4v) is 5.15. The molecule has 1 aliphatic heterocycles. The number of thiophene rings is 1. The van der Waals surface area contributed by atoms with Crippen LogP contribution in [0, 0.1) is 0 Å². The van der Waals surface area contributed by atoms with E-state index in [1.54, 1.807) is 17.0 Å². The number of carbonyl (C=O) groups is 2. The summed E-state index contributed by atoms with van der Waals surface area (Å²) in [6, 6.07) is 3.32. The molecule has 1 N–H and O–H groups in total. The molecular weight excluding hydrogens is 348 g/mol. The van der Waals surface area contributed by atoms with Crippen molar-refractivity contribution in [2.24, 2.45) is 0 Å². The number of nitrogens with zero attached hydrogens (tertiary/aromatic N) is 1. The molecule has 2 heterocycles. The monoisotopic (exact) mass is 372 g/mol. The summed E-state index contributed by atoms with van der Waals surface area (Å²) in [6.45, 7) is 2.88. The SMILES string of the molecule is CCCCN(C(=O)CCNC(=O)c1cccs1)C1CCS(=O)(=O)C1. The highest BCUT2D eigenvalue weighted by Gasteiger charge is 2.34. The molecule has 8 heteroatoms. The molecule has 0 saturated carbocycles. The van der Waals surface area contributed by atoms with Crippen LogP contribution in [-0.2, 0) is 14.6 Å². The molecule has 0 aromatic carbocycles. The lowest BCUT2D eigenvalue weighted by Gasteiger charge is -2.28. The quantitative estimate of drug-likeness (QED) is 0.753. The van der Waals surface area contributed by atoms with E-state index in [4.69, 9.17) is 0 Å². The zero-order chi connectivity index (χ0) is 17.6. The molecule has 0 radical (unpaired) electrons. The Hall–Kier alpha value is -1.41. The Morgan fingerprint density at radius 2 is 2.21 bits per heavy atom. The van der Waals surface area contributed by atoms with E-state index in [2.05, 4.69) is 5.32 Å². The highest BCUT2D eigenvalue weighted by Crippen LogP contribution is 2.19. The third kappa shape index (κ3) is 5.31. The van der Waals surface area contributed by atoms with Gasteiger partial charge in [-0.15, -0.1) is 11.3 Å². The van der Waals surface area contributed by atoms with Crippen molar-refractivity contribution >= 4 is 33.0 Å². The highest BCUT2D eigenvalue weighted by atomic mass is 32.2. The molecule has 134 valence electrons. The van der Waals surface area contributed by atoms with E-state index in [-0.39, 0.29) is 42.3 Å². The Kier molecular flexibility index (Phi) is 6.79. The van der Waals surface area contributed by atoms with Gasteiger partial charge in [0.05, 0.1) is 16.4 Å². The standard InChI is InChI=1S/C16H24N2O4S2/c1-2-3-9-18(13-7-11-24(21,22)12-13)15(19)6-8-17-16(20)14-5-4-10-23-14/h4-5,10,13H,2-3,6-9,11-12H2,1H3,(H,17,20). The molecule has 24 heavy (non-hydrogen) atoms. The molecule has 2 rings (SSSR count). The van der Waals surface area contributed by atoms with E-state index in [1.165, 1.54) is 11.3 Å². The molecule has 1 atom stereocenters. The van der Waals surface area contributed by atoms with Crippen molar-refractivity contribution in [3.63, 3.8) is 0 Å². The van der Waals surface area contributed by atoms with Crippen LogP contribution >= 0.6 is 11.3 Å². The smallest absolute Gasteiger partial charge is 0.261 e. The van der Waals surface area contributed by atoms with E-state index >= 15 is 0 Å². The largest absolute Gasteiger partial charge is 0.351 e. The van der Waals surface area contributed by atoms with Crippen molar-refractivity contribution in [3.05, 3.63) is 22.4 Å². The van der Waals surface area contributed by atoms with Gasteiger partial charge < -0.3 is 10.2 Å². The zero-order valence-corrected chi connectivity index (χ0v) is 15.5. The average Bonchev–Trinajstić information content (AvgIpc) is 3.17. The minimum absolute atomic E-state index is 0.0595. The van der Waals surface area contributed by atoms with Gasteiger partial charge in [-0.2, -0.15) is 0 Å². The fourth-order valence-electron chi connectivity index (χ4n) is 2.78. The van der Waals surface area contributed by atoms with Crippen LogP contribution in [0.25, 0.3) is 0 Å². The first-order valence-corrected chi connectivity index (χ1v) is 10.9. The lowest BCUT2D eigenvalue weighted by Crippen LogP contribution is -2.43. The van der Waals surface area contributed by atoms with Crippen LogP contribution in [0.15, 0.2) is 17.5 Å². The molecule has 1 saturated heterocycles. The Balaban J connectivity index is 1.87. The van der Waals surface area contributed by atoms with Crippen LogP contribution < -0.4 is 5.32 Å². The van der Waals surface area contributed by atoms with Gasteiger partial charge in [0.15, 0.2) is 9.84 Å². The summed E-state index contributed by atoms with van der Waals surface area (Å²) in [5.41, 5.74) is 0. The fraction of sp³-hybridized carbons (Fsp3) is 0.625. The molecule has 0 aliphatic carbocycles. The van der Waals surface area contributed by atoms with Gasteiger partial charge in [0.1, 0.15) is 0 Å². The second-order valence-corrected chi connectivity index (χ2v) is 9.16. The van der Waals surface area contributed by atoms with Gasteiger partial charge in [0.25, 0.3) is 5.91 Å². The summed E-state index contributed by atoms with van der Waals surface area (Å²) in [7, 11) is -3.02. The van der Waals surface area contributed by atoms with Crippen molar-refractivity contribution in [2.45, 2.75) is 38.6 Å². The second-order valence-electron chi connectivity index (χ2n) is 5.98. The van der Waals surface area contributed by atoms with Crippen molar-refractivity contribution in [2.75, 3.05) is 24.6 Å². The van der Waals surface area contributed by atoms with Crippen LogP contribution in [0.5, 0.6) is 0 Å². The molecule has 0 spiro atoms. The number of sulfone groups is 1. The maximum absolute atomic E-state index is 12.5. The first kappa shape index (κ1) is 18.9. The molecule has 6 nitrogen and oxygen atoms in total. The highest BCUT2D eigenvalue weighted by molar-refractivity contribution is 7.91. The van der Waals surface area contributed by atoms with Gasteiger partial charge in [-0.1, -0.05) is 19.4 Å². The van der Waals surface area contributed by atoms with Gasteiger partial charge >= 0.3 is 0 Å². The third-order valence-electron chi connectivity index (χ3n) is 4.09. The number of amides is 2. The minimum Gasteiger partial charge on any atom is -0.351 e. The molecule has 0 bridgehead atoms. The summed E-state index contributed by atoms with van der Waals surface area (Å²) in [5, 5.41) is 4.57. The number of carbonyl (C=O) groups excluding carboxylic acids is 2. The maximum Gasteiger partial charge on any atom is 0.261 e. The van der Waals surface area contributed by atoms with Crippen LogP contribution in [-0.4, -0.2) is 55.8 Å². The number of nitrogens with one attached hydrogen (secondary N) is 1. The molecule has 2 amide bonds. The van der Waals surface area contributed by atoms with Crippen molar-refractivity contribution in [1.82, 2.24) is 10.2 Å². The lowest BCUT2D eigenvalue weighted by molar-refractivity contribution is -0.133. The Morgan fingerprint density at radius 3 is 2.79 bits per heavy atom. The summed E-state index contributed by atoms with van der Waals surface area (Å²) in [6.07, 6.45) is 2.50. The second kappa shape index (κ2) is 8.62. The predicted molar refractivity (Wildman–Crippen MR) is 94.9 cm³/mol. The summed E-state index contributed by atoms with van der Waals surface area (Å²) < 4.78 is 23.4. The van der Waals surface area contributed by atoms with Gasteiger partial charge in [-0.3, -0.25) is 9.59 Å². The van der Waals surface area contributed by atoms with E-state index in [0.717, 1.165) is 12.8 Å². The normalized spacial score (nSPS) is 19.1. The average molecular weight is 373 g/mol. The van der Waals surface area contributed by atoms with Crippen LogP contribution in [0.4, 0.5) is 0 Å². The molecule has 1 aromatic heterocycles. The Bertz CT molecular complexity index is 656. The van der Waals surface area contributed by atoms with Gasteiger partial charge in [0, 0.05) is 25.6 Å². The Morgan fingerprint density at radius 1 is 1.42 bits per heavy atom. The molecule has 1 aliphatic rings. The van der Waals surface area contributed by atoms with Crippen LogP contribution in [0.3, 0.4) is 0 Å². The van der Waals surface area contributed by atoms with Gasteiger partial charge in [-0.05, 0) is 24.3 Å². The van der Waals surface area contributed by atoms with Gasteiger partial charge in [-0.25, -0.2) is 8.42 Å². The van der Waals surface area contributed by atoms with Crippen LogP contribution in [0.1, 0.15) is 42.3 Å². The number of rotatable bonds is 8. The van der Waals surface area contributed by atoms with Crippen molar-refractivity contribution < 1.29 is 18.0 Å². The summed E-state index contributed by atoms with van der Waals surface area (Å²) in [4.78, 5) is 26.7. The first-order valence-electron chi connectivity index (χ1n) is 8.24. The molecular formula is C16H24N2O4S2. The van der Waals surface area contributed by atoms with Gasteiger partial charge in [0.2, 0.25) is 5.91 Å². The summed E-state index contributed by atoms with van der Waals surface area (Å²) in [5.74, 6) is -0.0504. The van der Waals surface area contributed by atoms with E-state index in [9.17, 15) is 18.0 Å². The lowest BCUT2D eigenvalue weighted by atomic mass is 10.2. The zero-order valence-electron chi connectivity index (χ0n) is 13.9. The summed E-state index contributed by atoms with van der Waals surface area (Å²) >= 11 is 1.35. The van der Waals surface area contributed by atoms with E-state index < -0.39 is 9.84 Å². The van der Waals surface area contributed by atoms with E-state index in [0.29, 0.717) is 17.8 Å². The molecule has 1 fully saturated rings. The number of hydrogen-bond acceptors (Lipinski definition) is 5. The maximum atomic E-state index is 12.5. The minimum atomic E-state index is -3.02. The van der Waals surface area contributed by atoms with Crippen molar-refractivity contribution in [3.8, 4) is 0 Å².